The highest BCUT2D eigenvalue weighted by molar-refractivity contribution is 6.36. The molecule has 0 radical (unpaired) electrons. The van der Waals surface area contributed by atoms with Gasteiger partial charge in [0.2, 0.25) is 0 Å². The number of benzene rings is 2. The normalized spacial score (nSPS) is 18.9. The van der Waals surface area contributed by atoms with Crippen LogP contribution in [-0.2, 0) is 4.79 Å². The van der Waals surface area contributed by atoms with E-state index in [0.29, 0.717) is 16.8 Å². The molecule has 4 N–H and O–H groups in total. The van der Waals surface area contributed by atoms with Gasteiger partial charge in [-0.2, -0.15) is 0 Å². The van der Waals surface area contributed by atoms with E-state index in [9.17, 15) is 9.59 Å². The largest absolute Gasteiger partial charge is 0.399 e. The number of carbonyl (C=O) groups is 2. The first-order valence-electron chi connectivity index (χ1n) is 9.94. The van der Waals surface area contributed by atoms with Crippen LogP contribution in [0.3, 0.4) is 0 Å². The van der Waals surface area contributed by atoms with E-state index in [1.54, 1.807) is 18.2 Å². The molecule has 2 aromatic carbocycles. The molecule has 29 heavy (non-hydrogen) atoms. The van der Waals surface area contributed by atoms with Crippen LogP contribution in [0, 0.1) is 0 Å². The number of Topliss-reactive ketones (excluding diaryl/α,β-unsaturated/α-hetero) is 1. The van der Waals surface area contributed by atoms with E-state index in [-0.39, 0.29) is 17.7 Å². The first-order valence-corrected chi connectivity index (χ1v) is 9.94. The van der Waals surface area contributed by atoms with Gasteiger partial charge in [0.15, 0.2) is 5.78 Å². The van der Waals surface area contributed by atoms with E-state index >= 15 is 0 Å². The number of fused-ring (bicyclic) bond motifs is 1. The summed E-state index contributed by atoms with van der Waals surface area (Å²) in [5.74, 6) is -0.184. The van der Waals surface area contributed by atoms with Gasteiger partial charge >= 0.3 is 0 Å². The lowest BCUT2D eigenvalue weighted by molar-refractivity contribution is -0.110. The number of ketones is 1. The SMILES string of the molecule is CC(=O)c1ccc2c(c1)/C(=C(\NC1CCN(C)CC1)c1ccc(N)cc1)C(=O)N2. The minimum atomic E-state index is -0.159. The van der Waals surface area contributed by atoms with Gasteiger partial charge in [-0.25, -0.2) is 0 Å². The fourth-order valence-electron chi connectivity index (χ4n) is 3.94. The molecule has 150 valence electrons. The number of hydrogen-bond donors (Lipinski definition) is 3. The summed E-state index contributed by atoms with van der Waals surface area (Å²) < 4.78 is 0. The predicted molar refractivity (Wildman–Crippen MR) is 116 cm³/mol. The summed E-state index contributed by atoms with van der Waals surface area (Å²) in [5, 5.41) is 6.58. The monoisotopic (exact) mass is 390 g/mol. The van der Waals surface area contributed by atoms with Crippen molar-refractivity contribution in [1.82, 2.24) is 10.2 Å². The third-order valence-corrected chi connectivity index (χ3v) is 5.69. The highest BCUT2D eigenvalue weighted by Gasteiger charge is 2.30. The molecule has 0 aliphatic carbocycles. The molecule has 2 aliphatic heterocycles. The van der Waals surface area contributed by atoms with Crippen molar-refractivity contribution >= 4 is 34.3 Å². The molecule has 0 spiro atoms. The summed E-state index contributed by atoms with van der Waals surface area (Å²) in [6.07, 6.45) is 2.01. The highest BCUT2D eigenvalue weighted by atomic mass is 16.2. The van der Waals surface area contributed by atoms with Gasteiger partial charge < -0.3 is 21.3 Å². The highest BCUT2D eigenvalue weighted by Crippen LogP contribution is 2.37. The van der Waals surface area contributed by atoms with Crippen molar-refractivity contribution in [1.29, 1.82) is 0 Å². The molecule has 1 saturated heterocycles. The maximum atomic E-state index is 13.0. The van der Waals surface area contributed by atoms with Crippen LogP contribution in [0.4, 0.5) is 11.4 Å². The van der Waals surface area contributed by atoms with Crippen LogP contribution in [0.15, 0.2) is 42.5 Å². The van der Waals surface area contributed by atoms with Gasteiger partial charge in [0.05, 0.1) is 11.3 Å². The zero-order valence-electron chi connectivity index (χ0n) is 16.8. The molecule has 2 aromatic rings. The van der Waals surface area contributed by atoms with E-state index in [0.717, 1.165) is 48.4 Å². The number of nitrogens with two attached hydrogens (primary N) is 1. The molecule has 0 saturated carbocycles. The van der Waals surface area contributed by atoms with Crippen molar-refractivity contribution < 1.29 is 9.59 Å². The number of nitrogens with one attached hydrogen (secondary N) is 2. The first-order chi connectivity index (χ1) is 13.9. The second-order valence-electron chi connectivity index (χ2n) is 7.86. The summed E-state index contributed by atoms with van der Waals surface area (Å²) in [7, 11) is 2.12. The number of piperidine rings is 1. The number of amides is 1. The Balaban J connectivity index is 1.82. The molecule has 4 rings (SSSR count). The molecular formula is C23H26N4O2. The van der Waals surface area contributed by atoms with Crippen molar-refractivity contribution in [2.75, 3.05) is 31.2 Å². The molecule has 1 amide bonds. The molecular weight excluding hydrogens is 364 g/mol. The third-order valence-electron chi connectivity index (χ3n) is 5.69. The topological polar surface area (TPSA) is 87.5 Å². The molecule has 0 unspecified atom stereocenters. The minimum absolute atomic E-state index is 0.0242. The number of hydrogen-bond acceptors (Lipinski definition) is 5. The Hall–Kier alpha value is -3.12. The lowest BCUT2D eigenvalue weighted by Crippen LogP contribution is -2.40. The Labute approximate surface area is 170 Å². The van der Waals surface area contributed by atoms with Crippen LogP contribution < -0.4 is 16.4 Å². The van der Waals surface area contributed by atoms with Gasteiger partial charge in [-0.15, -0.1) is 0 Å². The minimum Gasteiger partial charge on any atom is -0.399 e. The molecule has 0 bridgehead atoms. The molecule has 2 heterocycles. The van der Waals surface area contributed by atoms with Crippen molar-refractivity contribution in [3.63, 3.8) is 0 Å². The summed E-state index contributed by atoms with van der Waals surface area (Å²) in [4.78, 5) is 27.2. The number of likely N-dealkylation sites (tertiary alicyclic amines) is 1. The lowest BCUT2D eigenvalue weighted by atomic mass is 9.96. The zero-order chi connectivity index (χ0) is 20.5. The van der Waals surface area contributed by atoms with Crippen LogP contribution in [-0.4, -0.2) is 42.8 Å². The summed E-state index contributed by atoms with van der Waals surface area (Å²) in [5.41, 5.74) is 10.9. The Morgan fingerprint density at radius 3 is 2.41 bits per heavy atom. The summed E-state index contributed by atoms with van der Waals surface area (Å²) in [6.45, 7) is 3.56. The molecule has 6 nitrogen and oxygen atoms in total. The van der Waals surface area contributed by atoms with Gasteiger partial charge in [-0.3, -0.25) is 9.59 Å². The third kappa shape index (κ3) is 3.89. The Morgan fingerprint density at radius 2 is 1.76 bits per heavy atom. The van der Waals surface area contributed by atoms with Gasteiger partial charge in [0.25, 0.3) is 5.91 Å². The van der Waals surface area contributed by atoms with Crippen LogP contribution in [0.25, 0.3) is 11.3 Å². The zero-order valence-corrected chi connectivity index (χ0v) is 16.8. The standard InChI is InChI=1S/C23H26N4O2/c1-14(28)16-5-8-20-19(13-16)21(23(29)26-20)22(15-3-6-17(24)7-4-15)25-18-9-11-27(2)12-10-18/h3-8,13,18,25H,9-12,24H2,1-2H3,(H,26,29)/b22-21+. The smallest absolute Gasteiger partial charge is 0.258 e. The second kappa shape index (κ2) is 7.72. The quantitative estimate of drug-likeness (QED) is 0.424. The van der Waals surface area contributed by atoms with Crippen molar-refractivity contribution in [2.24, 2.45) is 0 Å². The van der Waals surface area contributed by atoms with Gasteiger partial charge in [0, 0.05) is 28.5 Å². The van der Waals surface area contributed by atoms with Gasteiger partial charge in [-0.1, -0.05) is 12.1 Å². The fraction of sp³-hybridized carbons (Fsp3) is 0.304. The van der Waals surface area contributed by atoms with E-state index < -0.39 is 0 Å². The van der Waals surface area contributed by atoms with Crippen LogP contribution >= 0.6 is 0 Å². The number of carbonyl (C=O) groups excluding carboxylic acids is 2. The maximum Gasteiger partial charge on any atom is 0.258 e. The van der Waals surface area contributed by atoms with E-state index in [1.165, 1.54) is 6.92 Å². The number of anilines is 2. The molecule has 0 aromatic heterocycles. The molecule has 0 atom stereocenters. The van der Waals surface area contributed by atoms with Gasteiger partial charge in [0.1, 0.15) is 0 Å². The Kier molecular flexibility index (Phi) is 5.11. The molecule has 2 aliphatic rings. The number of rotatable bonds is 4. The Morgan fingerprint density at radius 1 is 1.10 bits per heavy atom. The van der Waals surface area contributed by atoms with Crippen LogP contribution in [0.5, 0.6) is 0 Å². The average Bonchev–Trinajstić information content (AvgIpc) is 3.03. The summed E-state index contributed by atoms with van der Waals surface area (Å²) >= 11 is 0. The summed E-state index contributed by atoms with van der Waals surface area (Å²) in [6, 6.07) is 13.2. The first kappa shape index (κ1) is 19.2. The number of nitrogen functional groups attached to an aromatic ring is 1. The maximum absolute atomic E-state index is 13.0. The van der Waals surface area contributed by atoms with Crippen LogP contribution in [0.2, 0.25) is 0 Å². The number of nitrogens with zero attached hydrogens (tertiary/aromatic N) is 1. The molecule has 6 heteroatoms. The van der Waals surface area contributed by atoms with E-state index in [4.69, 9.17) is 5.73 Å². The Bertz CT molecular complexity index is 986. The lowest BCUT2D eigenvalue weighted by Gasteiger charge is -2.31. The van der Waals surface area contributed by atoms with E-state index in [1.807, 2.05) is 24.3 Å². The molecule has 1 fully saturated rings. The average molecular weight is 390 g/mol. The van der Waals surface area contributed by atoms with Crippen molar-refractivity contribution in [3.8, 4) is 0 Å². The van der Waals surface area contributed by atoms with Crippen molar-refractivity contribution in [3.05, 3.63) is 59.2 Å². The van der Waals surface area contributed by atoms with Crippen molar-refractivity contribution in [2.45, 2.75) is 25.8 Å². The van der Waals surface area contributed by atoms with E-state index in [2.05, 4.69) is 22.6 Å². The predicted octanol–water partition coefficient (Wildman–Crippen LogP) is 2.98. The van der Waals surface area contributed by atoms with Gasteiger partial charge in [-0.05, 0) is 75.8 Å². The fourth-order valence-corrected chi connectivity index (χ4v) is 3.94. The second-order valence-corrected chi connectivity index (χ2v) is 7.86. The van der Waals surface area contributed by atoms with Crippen LogP contribution in [0.1, 0.15) is 41.3 Å².